The molecule has 0 spiro atoms. The van der Waals surface area contributed by atoms with Gasteiger partial charge in [0, 0.05) is 13.3 Å². The molecule has 0 saturated heterocycles. The largest absolute Gasteiger partial charge is 0.443 e. The Bertz CT molecular complexity index is 668. The zero-order valence-electron chi connectivity index (χ0n) is 27.0. The van der Waals surface area contributed by atoms with Gasteiger partial charge in [-0.05, 0) is 6.42 Å². The normalized spacial score (nSPS) is 12.2. The van der Waals surface area contributed by atoms with Crippen molar-refractivity contribution in [1.82, 2.24) is 9.96 Å². The molecule has 3 amide bonds. The molecule has 236 valence electrons. The highest BCUT2D eigenvalue weighted by Gasteiger charge is 2.32. The summed E-state index contributed by atoms with van der Waals surface area (Å²) < 4.78 is 11.4. The van der Waals surface area contributed by atoms with E-state index in [4.69, 9.17) is 14.3 Å². The summed E-state index contributed by atoms with van der Waals surface area (Å²) in [6, 6.07) is 0. The van der Waals surface area contributed by atoms with Gasteiger partial charge in [-0.2, -0.15) is 5.06 Å². The SMILES string of the molecule is CCCCCCCCCCCCCCCCCCN(OC)C(=O)OC(CC)N(C(C)=O)C(=O)OCC[N+](C)(C)C. The maximum absolute atomic E-state index is 12.7. The molecule has 9 heteroatoms. The lowest BCUT2D eigenvalue weighted by Gasteiger charge is -2.30. The Kier molecular flexibility index (Phi) is 22.7. The molecular formula is C31H62N3O6+. The third-order valence-corrected chi connectivity index (χ3v) is 7.04. The van der Waals surface area contributed by atoms with E-state index in [1.165, 1.54) is 97.5 Å². The van der Waals surface area contributed by atoms with E-state index < -0.39 is 24.3 Å². The number of ether oxygens (including phenoxy) is 2. The highest BCUT2D eigenvalue weighted by molar-refractivity contribution is 5.91. The van der Waals surface area contributed by atoms with E-state index >= 15 is 0 Å². The Morgan fingerprint density at radius 3 is 1.52 bits per heavy atom. The first kappa shape index (κ1) is 38.1. The predicted octanol–water partition coefficient (Wildman–Crippen LogP) is 7.68. The van der Waals surface area contributed by atoms with Gasteiger partial charge < -0.3 is 14.0 Å². The van der Waals surface area contributed by atoms with Crippen molar-refractivity contribution in [2.45, 2.75) is 136 Å². The molecule has 1 atom stereocenters. The lowest BCUT2D eigenvalue weighted by Crippen LogP contribution is -2.48. The number of likely N-dealkylation sites (N-methyl/N-ethyl adjacent to an activating group) is 1. The van der Waals surface area contributed by atoms with Crippen LogP contribution in [0, 0.1) is 0 Å². The van der Waals surface area contributed by atoms with Gasteiger partial charge in [0.1, 0.15) is 13.2 Å². The number of amides is 3. The number of hydrogen-bond donors (Lipinski definition) is 0. The highest BCUT2D eigenvalue weighted by Crippen LogP contribution is 2.15. The van der Waals surface area contributed by atoms with Crippen LogP contribution in [0.5, 0.6) is 0 Å². The van der Waals surface area contributed by atoms with Crippen LogP contribution < -0.4 is 0 Å². The minimum Gasteiger partial charge on any atom is -0.443 e. The molecule has 0 rings (SSSR count). The average molecular weight is 573 g/mol. The number of rotatable bonds is 24. The number of carbonyl (C=O) groups excluding carboxylic acids is 3. The van der Waals surface area contributed by atoms with Gasteiger partial charge in [0.05, 0.1) is 34.8 Å². The minimum absolute atomic E-state index is 0.153. The van der Waals surface area contributed by atoms with Crippen LogP contribution in [0.2, 0.25) is 0 Å². The van der Waals surface area contributed by atoms with Crippen molar-refractivity contribution in [3.05, 3.63) is 0 Å². The van der Waals surface area contributed by atoms with Gasteiger partial charge in [0.15, 0.2) is 6.23 Å². The fourth-order valence-electron chi connectivity index (χ4n) is 4.48. The molecule has 0 N–H and O–H groups in total. The van der Waals surface area contributed by atoms with Crippen LogP contribution in [0.4, 0.5) is 9.59 Å². The summed E-state index contributed by atoms with van der Waals surface area (Å²) >= 11 is 0. The molecule has 0 saturated carbocycles. The van der Waals surface area contributed by atoms with E-state index in [1.54, 1.807) is 6.92 Å². The van der Waals surface area contributed by atoms with Crippen LogP contribution >= 0.6 is 0 Å². The van der Waals surface area contributed by atoms with Gasteiger partial charge in [-0.25, -0.2) is 14.5 Å². The Balaban J connectivity index is 4.18. The molecule has 0 fully saturated rings. The average Bonchev–Trinajstić information content (AvgIpc) is 2.89. The molecule has 40 heavy (non-hydrogen) atoms. The van der Waals surface area contributed by atoms with Crippen LogP contribution in [-0.4, -0.2) is 86.7 Å². The van der Waals surface area contributed by atoms with Gasteiger partial charge in [0.2, 0.25) is 5.91 Å². The first-order valence-corrected chi connectivity index (χ1v) is 15.9. The first-order valence-electron chi connectivity index (χ1n) is 15.9. The Hall–Kier alpha value is -1.87. The van der Waals surface area contributed by atoms with Gasteiger partial charge in [-0.3, -0.25) is 9.63 Å². The second-order valence-electron chi connectivity index (χ2n) is 11.9. The Morgan fingerprint density at radius 1 is 0.700 bits per heavy atom. The zero-order valence-corrected chi connectivity index (χ0v) is 27.0. The molecule has 0 radical (unpaired) electrons. The van der Waals surface area contributed by atoms with E-state index in [-0.39, 0.29) is 13.0 Å². The van der Waals surface area contributed by atoms with Crippen LogP contribution in [0.1, 0.15) is 130 Å². The maximum Gasteiger partial charge on any atom is 0.435 e. The van der Waals surface area contributed by atoms with Crippen molar-refractivity contribution in [1.29, 1.82) is 0 Å². The van der Waals surface area contributed by atoms with Gasteiger partial charge >= 0.3 is 12.2 Å². The number of nitrogens with zero attached hydrogens (tertiary/aromatic N) is 3. The second-order valence-corrected chi connectivity index (χ2v) is 11.9. The van der Waals surface area contributed by atoms with Crippen molar-refractivity contribution >= 4 is 18.1 Å². The topological polar surface area (TPSA) is 85.4 Å². The van der Waals surface area contributed by atoms with E-state index in [1.807, 2.05) is 21.1 Å². The lowest BCUT2D eigenvalue weighted by atomic mass is 10.0. The molecule has 1 unspecified atom stereocenters. The van der Waals surface area contributed by atoms with Crippen LogP contribution in [0.25, 0.3) is 0 Å². The fraction of sp³-hybridized carbons (Fsp3) is 0.903. The number of quaternary nitrogens is 1. The molecule has 0 aromatic heterocycles. The highest BCUT2D eigenvalue weighted by atomic mass is 16.7. The van der Waals surface area contributed by atoms with E-state index in [9.17, 15) is 14.4 Å². The summed E-state index contributed by atoms with van der Waals surface area (Å²) in [5.41, 5.74) is 0. The molecule has 9 nitrogen and oxygen atoms in total. The summed E-state index contributed by atoms with van der Waals surface area (Å²) in [5.74, 6) is -0.545. The number of hydroxylamine groups is 2. The lowest BCUT2D eigenvalue weighted by molar-refractivity contribution is -0.870. The quantitative estimate of drug-likeness (QED) is 0.0510. The summed E-state index contributed by atoms with van der Waals surface area (Å²) in [5, 5.41) is 1.15. The summed E-state index contributed by atoms with van der Waals surface area (Å²) in [6.07, 6.45) is 18.1. The van der Waals surface area contributed by atoms with E-state index in [2.05, 4.69) is 6.92 Å². The second kappa shape index (κ2) is 23.8. The molecule has 0 aromatic rings. The molecule has 0 bridgehead atoms. The maximum atomic E-state index is 12.7. The van der Waals surface area contributed by atoms with Crippen molar-refractivity contribution < 1.29 is 33.2 Å². The number of carbonyl (C=O) groups is 3. The Morgan fingerprint density at radius 2 is 1.15 bits per heavy atom. The fourth-order valence-corrected chi connectivity index (χ4v) is 4.48. The standard InChI is InChI=1S/C31H62N3O6/c1-8-10-11-12-13-14-15-16-17-18-19-20-21-22-23-24-25-32(38-7)30(36)40-29(9-2)33(28(3)35)31(37)39-27-26-34(4,5)6/h29H,8-27H2,1-7H3/q+1. The van der Waals surface area contributed by atoms with Crippen LogP contribution in [0.3, 0.4) is 0 Å². The van der Waals surface area contributed by atoms with Gasteiger partial charge in [-0.1, -0.05) is 110 Å². The third kappa shape index (κ3) is 20.1. The van der Waals surface area contributed by atoms with Gasteiger partial charge in [-0.15, -0.1) is 0 Å². The number of hydrogen-bond acceptors (Lipinski definition) is 6. The predicted molar refractivity (Wildman–Crippen MR) is 161 cm³/mol. The van der Waals surface area contributed by atoms with E-state index in [0.717, 1.165) is 29.2 Å². The van der Waals surface area contributed by atoms with Crippen molar-refractivity contribution in [2.24, 2.45) is 0 Å². The monoisotopic (exact) mass is 572 g/mol. The molecular weight excluding hydrogens is 510 g/mol. The third-order valence-electron chi connectivity index (χ3n) is 7.04. The van der Waals surface area contributed by atoms with Gasteiger partial charge in [0.25, 0.3) is 0 Å². The van der Waals surface area contributed by atoms with Crippen LogP contribution in [-0.2, 0) is 19.1 Å². The van der Waals surface area contributed by atoms with E-state index in [0.29, 0.717) is 17.6 Å². The summed E-state index contributed by atoms with van der Waals surface area (Å²) in [7, 11) is 7.35. The first-order chi connectivity index (χ1) is 19.1. The van der Waals surface area contributed by atoms with Crippen molar-refractivity contribution in [2.75, 3.05) is 47.9 Å². The number of imide groups is 1. The summed E-state index contributed by atoms with van der Waals surface area (Å²) in [4.78, 5) is 43.6. The van der Waals surface area contributed by atoms with Crippen molar-refractivity contribution in [3.63, 3.8) is 0 Å². The molecule has 0 aliphatic heterocycles. The number of unbranched alkanes of at least 4 members (excludes halogenated alkanes) is 15. The molecule has 0 aliphatic carbocycles. The molecule has 0 heterocycles. The summed E-state index contributed by atoms with van der Waals surface area (Å²) in [6.45, 7) is 6.38. The zero-order chi connectivity index (χ0) is 30.2. The smallest absolute Gasteiger partial charge is 0.435 e. The minimum atomic E-state index is -1.06. The molecule has 0 aliphatic rings. The molecule has 0 aromatic carbocycles. The van der Waals surface area contributed by atoms with Crippen LogP contribution in [0.15, 0.2) is 0 Å². The Labute approximate surface area is 245 Å². The van der Waals surface area contributed by atoms with Crippen molar-refractivity contribution in [3.8, 4) is 0 Å².